The van der Waals surface area contributed by atoms with Crippen molar-refractivity contribution in [1.29, 1.82) is 0 Å². The van der Waals surface area contributed by atoms with Gasteiger partial charge in [0.15, 0.2) is 0 Å². The van der Waals surface area contributed by atoms with E-state index < -0.39 is 0 Å². The summed E-state index contributed by atoms with van der Waals surface area (Å²) in [5, 5.41) is 4.78. The van der Waals surface area contributed by atoms with Gasteiger partial charge >= 0.3 is 0 Å². The number of benzene rings is 2. The fourth-order valence-corrected chi connectivity index (χ4v) is 3.50. The minimum Gasteiger partial charge on any atom is -0.492 e. The van der Waals surface area contributed by atoms with Crippen molar-refractivity contribution in [2.45, 2.75) is 13.5 Å². The van der Waals surface area contributed by atoms with Crippen molar-refractivity contribution in [3.63, 3.8) is 0 Å². The molecule has 1 aliphatic rings. The van der Waals surface area contributed by atoms with Crippen LogP contribution in [0.3, 0.4) is 0 Å². The highest BCUT2D eigenvalue weighted by Crippen LogP contribution is 2.29. The first-order valence-corrected chi connectivity index (χ1v) is 9.88. The predicted molar refractivity (Wildman–Crippen MR) is 110 cm³/mol. The molecule has 2 aromatic carbocycles. The second-order valence-electron chi connectivity index (χ2n) is 6.68. The van der Waals surface area contributed by atoms with E-state index in [9.17, 15) is 0 Å². The average Bonchev–Trinajstić information content (AvgIpc) is 3.18. The van der Waals surface area contributed by atoms with Crippen LogP contribution in [0, 0.1) is 0 Å². The van der Waals surface area contributed by atoms with E-state index in [2.05, 4.69) is 32.1 Å². The van der Waals surface area contributed by atoms with Crippen molar-refractivity contribution in [3.8, 4) is 17.1 Å². The predicted octanol–water partition coefficient (Wildman–Crippen LogP) is 4.11. The lowest BCUT2D eigenvalue weighted by molar-refractivity contribution is 0.215. The number of nitrogens with zero attached hydrogens (tertiary/aromatic N) is 4. The van der Waals surface area contributed by atoms with Crippen LogP contribution in [-0.4, -0.2) is 47.8 Å². The summed E-state index contributed by atoms with van der Waals surface area (Å²) < 4.78 is 11.2. The van der Waals surface area contributed by atoms with Crippen LogP contribution in [0.15, 0.2) is 53.1 Å². The lowest BCUT2D eigenvalue weighted by Crippen LogP contribution is -2.46. The number of halogens is 1. The van der Waals surface area contributed by atoms with E-state index in [1.165, 1.54) is 0 Å². The van der Waals surface area contributed by atoms with Gasteiger partial charge in [-0.25, -0.2) is 0 Å². The van der Waals surface area contributed by atoms with Crippen LogP contribution in [0.25, 0.3) is 11.4 Å². The molecule has 6 nitrogen and oxygen atoms in total. The lowest BCUT2D eigenvalue weighted by atomic mass is 10.2. The van der Waals surface area contributed by atoms with E-state index in [1.54, 1.807) is 0 Å². The molecule has 0 amide bonds. The first-order chi connectivity index (χ1) is 13.7. The first-order valence-electron chi connectivity index (χ1n) is 9.50. The van der Waals surface area contributed by atoms with Crippen LogP contribution in [0.4, 0.5) is 5.69 Å². The first kappa shape index (κ1) is 18.8. The summed E-state index contributed by atoms with van der Waals surface area (Å²) in [5.41, 5.74) is 2.06. The highest BCUT2D eigenvalue weighted by atomic mass is 35.5. The number of rotatable bonds is 6. The zero-order valence-corrected chi connectivity index (χ0v) is 16.6. The molecule has 146 valence electrons. The highest BCUT2D eigenvalue weighted by molar-refractivity contribution is 6.30. The number of para-hydroxylation sites is 2. The molecular formula is C21H23ClN4O2. The van der Waals surface area contributed by atoms with Crippen molar-refractivity contribution in [1.82, 2.24) is 15.0 Å². The quantitative estimate of drug-likeness (QED) is 0.622. The standard InChI is InChI=1S/C21H23ClN4O2/c1-2-27-19-6-4-3-5-18(19)26-13-11-25(12-14-26)15-20-23-21(24-28-20)16-7-9-17(22)10-8-16/h3-10H,2,11-15H2,1H3. The normalized spacial score (nSPS) is 15.0. The van der Waals surface area contributed by atoms with Gasteiger partial charge in [-0.05, 0) is 43.3 Å². The number of aromatic nitrogens is 2. The summed E-state index contributed by atoms with van der Waals surface area (Å²) in [6.07, 6.45) is 0. The lowest BCUT2D eigenvalue weighted by Gasteiger charge is -2.36. The van der Waals surface area contributed by atoms with Gasteiger partial charge < -0.3 is 14.2 Å². The van der Waals surface area contributed by atoms with Gasteiger partial charge in [-0.1, -0.05) is 28.9 Å². The van der Waals surface area contributed by atoms with E-state index in [4.69, 9.17) is 20.9 Å². The highest BCUT2D eigenvalue weighted by Gasteiger charge is 2.21. The SMILES string of the molecule is CCOc1ccccc1N1CCN(Cc2nc(-c3ccc(Cl)cc3)no2)CC1. The number of hydrogen-bond donors (Lipinski definition) is 0. The third kappa shape index (κ3) is 4.29. The molecule has 4 rings (SSSR count). The van der Waals surface area contributed by atoms with Crippen molar-refractivity contribution in [3.05, 3.63) is 59.4 Å². The zero-order valence-electron chi connectivity index (χ0n) is 15.8. The Morgan fingerprint density at radius 1 is 1.04 bits per heavy atom. The Morgan fingerprint density at radius 2 is 1.79 bits per heavy atom. The molecule has 28 heavy (non-hydrogen) atoms. The second kappa shape index (κ2) is 8.63. The minimum absolute atomic E-state index is 0.593. The molecule has 0 saturated carbocycles. The van der Waals surface area contributed by atoms with Gasteiger partial charge in [0.2, 0.25) is 11.7 Å². The molecule has 0 aliphatic carbocycles. The molecule has 0 bridgehead atoms. The summed E-state index contributed by atoms with van der Waals surface area (Å²) >= 11 is 5.93. The summed E-state index contributed by atoms with van der Waals surface area (Å²) in [6.45, 7) is 7.06. The van der Waals surface area contributed by atoms with Gasteiger partial charge in [-0.15, -0.1) is 0 Å². The molecule has 0 spiro atoms. The Balaban J connectivity index is 1.36. The smallest absolute Gasteiger partial charge is 0.241 e. The Kier molecular flexibility index (Phi) is 5.78. The Bertz CT molecular complexity index is 905. The van der Waals surface area contributed by atoms with Crippen molar-refractivity contribution in [2.75, 3.05) is 37.7 Å². The fourth-order valence-electron chi connectivity index (χ4n) is 3.37. The summed E-state index contributed by atoms with van der Waals surface area (Å²) in [5.74, 6) is 2.17. The molecule has 0 unspecified atom stereocenters. The monoisotopic (exact) mass is 398 g/mol. The molecule has 1 fully saturated rings. The van der Waals surface area contributed by atoms with Gasteiger partial charge in [0.25, 0.3) is 0 Å². The van der Waals surface area contributed by atoms with E-state index in [0.29, 0.717) is 29.9 Å². The minimum atomic E-state index is 0.593. The fraction of sp³-hybridized carbons (Fsp3) is 0.333. The topological polar surface area (TPSA) is 54.6 Å². The molecule has 0 atom stereocenters. The van der Waals surface area contributed by atoms with Crippen molar-refractivity contribution < 1.29 is 9.26 Å². The molecule has 7 heteroatoms. The maximum absolute atomic E-state index is 5.93. The van der Waals surface area contributed by atoms with Crippen LogP contribution >= 0.6 is 11.6 Å². The Hall–Kier alpha value is -2.57. The van der Waals surface area contributed by atoms with Gasteiger partial charge in [-0.2, -0.15) is 4.98 Å². The molecule has 3 aromatic rings. The molecule has 0 radical (unpaired) electrons. The molecule has 1 aromatic heterocycles. The maximum atomic E-state index is 5.93. The summed E-state index contributed by atoms with van der Waals surface area (Å²) in [6, 6.07) is 15.7. The molecule has 1 aliphatic heterocycles. The van der Waals surface area contributed by atoms with Gasteiger partial charge in [-0.3, -0.25) is 4.90 Å². The summed E-state index contributed by atoms with van der Waals surface area (Å²) in [4.78, 5) is 9.23. The number of piperazine rings is 1. The third-order valence-electron chi connectivity index (χ3n) is 4.81. The van der Waals surface area contributed by atoms with Crippen molar-refractivity contribution >= 4 is 17.3 Å². The number of hydrogen-bond acceptors (Lipinski definition) is 6. The molecular weight excluding hydrogens is 376 g/mol. The maximum Gasteiger partial charge on any atom is 0.241 e. The van der Waals surface area contributed by atoms with E-state index >= 15 is 0 Å². The Morgan fingerprint density at radius 3 is 2.54 bits per heavy atom. The third-order valence-corrected chi connectivity index (χ3v) is 5.06. The second-order valence-corrected chi connectivity index (χ2v) is 7.12. The van der Waals surface area contributed by atoms with Crippen LogP contribution in [0.5, 0.6) is 5.75 Å². The Labute approximate surface area is 169 Å². The van der Waals surface area contributed by atoms with E-state index in [0.717, 1.165) is 43.2 Å². The van der Waals surface area contributed by atoms with Gasteiger partial charge in [0, 0.05) is 36.8 Å². The average molecular weight is 399 g/mol. The van der Waals surface area contributed by atoms with Crippen molar-refractivity contribution in [2.24, 2.45) is 0 Å². The molecule has 1 saturated heterocycles. The van der Waals surface area contributed by atoms with Crippen LogP contribution < -0.4 is 9.64 Å². The zero-order chi connectivity index (χ0) is 19.3. The molecule has 0 N–H and O–H groups in total. The number of ether oxygens (including phenoxy) is 1. The van der Waals surface area contributed by atoms with Crippen LogP contribution in [0.2, 0.25) is 5.02 Å². The van der Waals surface area contributed by atoms with Gasteiger partial charge in [0.05, 0.1) is 18.8 Å². The largest absolute Gasteiger partial charge is 0.492 e. The molecule has 2 heterocycles. The van der Waals surface area contributed by atoms with Gasteiger partial charge in [0.1, 0.15) is 5.75 Å². The summed E-state index contributed by atoms with van der Waals surface area (Å²) in [7, 11) is 0. The van der Waals surface area contributed by atoms with Crippen LogP contribution in [0.1, 0.15) is 12.8 Å². The number of anilines is 1. The van der Waals surface area contributed by atoms with Crippen LogP contribution in [-0.2, 0) is 6.54 Å². The van der Waals surface area contributed by atoms with E-state index in [1.807, 2.05) is 43.3 Å². The van der Waals surface area contributed by atoms with E-state index in [-0.39, 0.29) is 0 Å².